The van der Waals surface area contributed by atoms with Crippen molar-refractivity contribution < 1.29 is 24.2 Å². The van der Waals surface area contributed by atoms with Crippen LogP contribution < -0.4 is 20.3 Å². The fourth-order valence-corrected chi connectivity index (χ4v) is 3.04. The van der Waals surface area contributed by atoms with Gasteiger partial charge in [-0.25, -0.2) is 9.48 Å². The molecule has 1 aromatic carbocycles. The zero-order valence-electron chi connectivity index (χ0n) is 15.2. The second kappa shape index (κ2) is 9.26. The number of hydrogen-bond donors (Lipinski definition) is 2. The van der Waals surface area contributed by atoms with Crippen LogP contribution in [0.25, 0.3) is 10.8 Å². The number of rotatable bonds is 9. The zero-order valence-corrected chi connectivity index (χ0v) is 16.0. The molecule has 2 N–H and O–H groups in total. The summed E-state index contributed by atoms with van der Waals surface area (Å²) in [4.78, 5) is 36.2. The van der Waals surface area contributed by atoms with Gasteiger partial charge < -0.3 is 19.9 Å². The van der Waals surface area contributed by atoms with Crippen LogP contribution in [0.4, 0.5) is 0 Å². The molecule has 0 aliphatic heterocycles. The van der Waals surface area contributed by atoms with E-state index in [0.717, 1.165) is 4.68 Å². The van der Waals surface area contributed by atoms with Gasteiger partial charge in [0.25, 0.3) is 5.56 Å². The molecule has 0 saturated carbocycles. The van der Waals surface area contributed by atoms with Gasteiger partial charge in [-0.15, -0.1) is 0 Å². The largest absolute Gasteiger partial charge is 0.493 e. The molecule has 10 heteroatoms. The Kier molecular flexibility index (Phi) is 7.05. The molecule has 9 nitrogen and oxygen atoms in total. The highest BCUT2D eigenvalue weighted by Gasteiger charge is 2.21. The van der Waals surface area contributed by atoms with Gasteiger partial charge in [0.1, 0.15) is 12.6 Å². The Balaban J connectivity index is 2.31. The van der Waals surface area contributed by atoms with Crippen molar-refractivity contribution in [3.63, 3.8) is 0 Å². The van der Waals surface area contributed by atoms with E-state index in [4.69, 9.17) is 9.47 Å². The Hall–Kier alpha value is -2.75. The number of carbonyl (C=O) groups is 2. The molecule has 27 heavy (non-hydrogen) atoms. The van der Waals surface area contributed by atoms with Crippen LogP contribution in [0.1, 0.15) is 6.42 Å². The monoisotopic (exact) mass is 395 g/mol. The summed E-state index contributed by atoms with van der Waals surface area (Å²) in [5, 5.41) is 16.4. The van der Waals surface area contributed by atoms with Crippen molar-refractivity contribution in [1.82, 2.24) is 15.1 Å². The lowest BCUT2D eigenvalue weighted by atomic mass is 10.1. The summed E-state index contributed by atoms with van der Waals surface area (Å²) in [5.41, 5.74) is -0.533. The molecule has 1 atom stereocenters. The molecule has 0 aliphatic carbocycles. The van der Waals surface area contributed by atoms with Crippen LogP contribution in [0.3, 0.4) is 0 Å². The SMILES string of the molecule is COc1ccc2cnn(CC(=O)NC(CCSC)C(=O)O)c(=O)c2c1OC. The maximum absolute atomic E-state index is 12.8. The number of methoxy groups -OCH3 is 2. The van der Waals surface area contributed by atoms with Gasteiger partial charge in [0.15, 0.2) is 11.5 Å². The molecular formula is C17H21N3O6S. The summed E-state index contributed by atoms with van der Waals surface area (Å²) in [6.07, 6.45) is 3.57. The molecule has 146 valence electrons. The van der Waals surface area contributed by atoms with Gasteiger partial charge in [-0.05, 0) is 30.6 Å². The minimum absolute atomic E-state index is 0.233. The number of hydrogen-bond acceptors (Lipinski definition) is 7. The van der Waals surface area contributed by atoms with E-state index in [0.29, 0.717) is 16.9 Å². The number of benzene rings is 1. The number of thioether (sulfide) groups is 1. The average molecular weight is 395 g/mol. The zero-order chi connectivity index (χ0) is 20.0. The molecule has 2 aromatic rings. The lowest BCUT2D eigenvalue weighted by molar-refractivity contribution is -0.142. The van der Waals surface area contributed by atoms with Crippen molar-refractivity contribution in [1.29, 1.82) is 0 Å². The number of carboxylic acid groups (broad SMARTS) is 1. The predicted molar refractivity (Wildman–Crippen MR) is 102 cm³/mol. The normalized spacial score (nSPS) is 11.8. The summed E-state index contributed by atoms with van der Waals surface area (Å²) < 4.78 is 11.4. The van der Waals surface area contributed by atoms with Gasteiger partial charge in [0.2, 0.25) is 5.91 Å². The summed E-state index contributed by atoms with van der Waals surface area (Å²) in [6, 6.07) is 2.30. The summed E-state index contributed by atoms with van der Waals surface area (Å²) in [6.45, 7) is -0.405. The molecule has 0 fully saturated rings. The van der Waals surface area contributed by atoms with Crippen LogP contribution >= 0.6 is 11.8 Å². The molecule has 2 rings (SSSR count). The molecule has 0 spiro atoms. The number of ether oxygens (including phenoxy) is 2. The van der Waals surface area contributed by atoms with E-state index in [-0.39, 0.29) is 17.6 Å². The summed E-state index contributed by atoms with van der Waals surface area (Å²) >= 11 is 1.48. The van der Waals surface area contributed by atoms with Crippen LogP contribution in [0.5, 0.6) is 11.5 Å². The molecule has 0 aliphatic rings. The van der Waals surface area contributed by atoms with E-state index in [1.165, 1.54) is 32.2 Å². The van der Waals surface area contributed by atoms with Crippen molar-refractivity contribution in [2.45, 2.75) is 19.0 Å². The van der Waals surface area contributed by atoms with Gasteiger partial charge in [-0.3, -0.25) is 9.59 Å². The third kappa shape index (κ3) is 4.70. The number of carboxylic acids is 1. The van der Waals surface area contributed by atoms with E-state index in [1.807, 2.05) is 6.26 Å². The highest BCUT2D eigenvalue weighted by molar-refractivity contribution is 7.98. The molecule has 0 bridgehead atoms. The molecule has 1 heterocycles. The lowest BCUT2D eigenvalue weighted by Crippen LogP contribution is -2.44. The van der Waals surface area contributed by atoms with Crippen molar-refractivity contribution >= 4 is 34.4 Å². The smallest absolute Gasteiger partial charge is 0.326 e. The second-order valence-electron chi connectivity index (χ2n) is 5.61. The Bertz CT molecular complexity index is 898. The predicted octanol–water partition coefficient (Wildman–Crippen LogP) is 0.736. The molecule has 0 radical (unpaired) electrons. The Morgan fingerprint density at radius 1 is 1.33 bits per heavy atom. The van der Waals surface area contributed by atoms with Crippen LogP contribution in [0.2, 0.25) is 0 Å². The molecule has 1 aromatic heterocycles. The molecular weight excluding hydrogens is 374 g/mol. The van der Waals surface area contributed by atoms with Gasteiger partial charge in [0.05, 0.1) is 25.8 Å². The standard InChI is InChI=1S/C17H21N3O6S/c1-25-12-5-4-10-8-18-20(16(22)14(10)15(12)26-2)9-13(21)19-11(17(23)24)6-7-27-3/h4-5,8,11H,6-7,9H2,1-3H3,(H,19,21)(H,23,24). The Morgan fingerprint density at radius 3 is 2.67 bits per heavy atom. The molecule has 0 saturated heterocycles. The number of aliphatic carboxylic acids is 1. The maximum Gasteiger partial charge on any atom is 0.326 e. The minimum Gasteiger partial charge on any atom is -0.493 e. The fraction of sp³-hybridized carbons (Fsp3) is 0.412. The van der Waals surface area contributed by atoms with Crippen molar-refractivity contribution in [3.05, 3.63) is 28.7 Å². The summed E-state index contributed by atoms with van der Waals surface area (Å²) in [5.74, 6) is -0.517. The maximum atomic E-state index is 12.8. The van der Waals surface area contributed by atoms with E-state index in [2.05, 4.69) is 10.4 Å². The highest BCUT2D eigenvalue weighted by Crippen LogP contribution is 2.32. The van der Waals surface area contributed by atoms with Gasteiger partial charge in [-0.1, -0.05) is 0 Å². The van der Waals surface area contributed by atoms with Gasteiger partial charge in [-0.2, -0.15) is 16.9 Å². The Morgan fingerprint density at radius 2 is 2.07 bits per heavy atom. The topological polar surface area (TPSA) is 120 Å². The Labute approximate surface area is 159 Å². The number of aromatic nitrogens is 2. The first-order valence-electron chi connectivity index (χ1n) is 8.04. The number of amides is 1. The molecule has 1 unspecified atom stereocenters. The average Bonchev–Trinajstić information content (AvgIpc) is 2.66. The fourth-order valence-electron chi connectivity index (χ4n) is 2.57. The van der Waals surface area contributed by atoms with E-state index in [1.54, 1.807) is 12.1 Å². The van der Waals surface area contributed by atoms with Gasteiger partial charge in [0, 0.05) is 5.39 Å². The third-order valence-electron chi connectivity index (χ3n) is 3.90. The van der Waals surface area contributed by atoms with Crippen LogP contribution in [-0.4, -0.2) is 59.0 Å². The van der Waals surface area contributed by atoms with Crippen molar-refractivity contribution in [2.75, 3.05) is 26.2 Å². The number of fused-ring (bicyclic) bond motifs is 1. The number of carbonyl (C=O) groups excluding carboxylic acids is 1. The van der Waals surface area contributed by atoms with Crippen molar-refractivity contribution in [3.8, 4) is 11.5 Å². The van der Waals surface area contributed by atoms with E-state index >= 15 is 0 Å². The number of nitrogens with zero attached hydrogens (tertiary/aromatic N) is 2. The van der Waals surface area contributed by atoms with E-state index in [9.17, 15) is 19.5 Å². The van der Waals surface area contributed by atoms with Crippen LogP contribution in [0.15, 0.2) is 23.1 Å². The van der Waals surface area contributed by atoms with Crippen molar-refractivity contribution in [2.24, 2.45) is 0 Å². The first-order valence-corrected chi connectivity index (χ1v) is 9.44. The first-order chi connectivity index (χ1) is 12.9. The van der Waals surface area contributed by atoms with Crippen LogP contribution in [0, 0.1) is 0 Å². The van der Waals surface area contributed by atoms with Gasteiger partial charge >= 0.3 is 5.97 Å². The second-order valence-corrected chi connectivity index (χ2v) is 6.60. The highest BCUT2D eigenvalue weighted by atomic mass is 32.2. The lowest BCUT2D eigenvalue weighted by Gasteiger charge is -2.15. The molecule has 1 amide bonds. The summed E-state index contributed by atoms with van der Waals surface area (Å²) in [7, 11) is 2.87. The number of nitrogens with one attached hydrogen (secondary N) is 1. The first kappa shape index (κ1) is 20.6. The van der Waals surface area contributed by atoms with Crippen LogP contribution in [-0.2, 0) is 16.1 Å². The third-order valence-corrected chi connectivity index (χ3v) is 4.54. The minimum atomic E-state index is -1.12. The quantitative estimate of drug-likeness (QED) is 0.638. The van der Waals surface area contributed by atoms with E-state index < -0.39 is 30.0 Å².